The van der Waals surface area contributed by atoms with E-state index >= 15 is 0 Å². The lowest BCUT2D eigenvalue weighted by atomic mass is 10.1. The van der Waals surface area contributed by atoms with Gasteiger partial charge in [0.2, 0.25) is 5.91 Å². The molecule has 24 heavy (non-hydrogen) atoms. The van der Waals surface area contributed by atoms with Gasteiger partial charge in [-0.1, -0.05) is 30.3 Å². The Hall–Kier alpha value is -2.66. The molecule has 4 nitrogen and oxygen atoms in total. The zero-order valence-corrected chi connectivity index (χ0v) is 13.2. The number of methoxy groups -OCH3 is 1. The van der Waals surface area contributed by atoms with E-state index in [1.54, 1.807) is 12.1 Å². The number of aliphatic hydroxyl groups is 1. The average molecular weight is 327 g/mol. The van der Waals surface area contributed by atoms with Crippen LogP contribution >= 0.6 is 0 Å². The highest BCUT2D eigenvalue weighted by Crippen LogP contribution is 2.31. The van der Waals surface area contributed by atoms with Crippen molar-refractivity contribution in [2.75, 3.05) is 7.11 Å². The molecule has 5 heteroatoms. The third kappa shape index (κ3) is 3.31. The van der Waals surface area contributed by atoms with Crippen LogP contribution in [0, 0.1) is 5.82 Å². The number of benzene rings is 2. The lowest BCUT2D eigenvalue weighted by Crippen LogP contribution is -2.32. The predicted octanol–water partition coefficient (Wildman–Crippen LogP) is 2.62. The van der Waals surface area contributed by atoms with Gasteiger partial charge >= 0.3 is 0 Å². The van der Waals surface area contributed by atoms with E-state index in [0.29, 0.717) is 12.0 Å². The molecule has 2 atom stereocenters. The van der Waals surface area contributed by atoms with E-state index in [9.17, 15) is 14.3 Å². The topological polar surface area (TPSA) is 58.6 Å². The number of aliphatic hydroxyl groups excluding tert-OH is 1. The van der Waals surface area contributed by atoms with Crippen LogP contribution in [0.4, 0.5) is 4.39 Å². The van der Waals surface area contributed by atoms with Gasteiger partial charge in [0, 0.05) is 12.5 Å². The van der Waals surface area contributed by atoms with Crippen molar-refractivity contribution >= 4 is 12.0 Å². The van der Waals surface area contributed by atoms with Crippen LogP contribution in [0.1, 0.15) is 22.7 Å². The maximum atomic E-state index is 13.4. The lowest BCUT2D eigenvalue weighted by molar-refractivity contribution is -0.117. The van der Waals surface area contributed by atoms with Gasteiger partial charge in [0.15, 0.2) is 11.6 Å². The van der Waals surface area contributed by atoms with Crippen molar-refractivity contribution in [3.05, 3.63) is 71.0 Å². The average Bonchev–Trinajstić information content (AvgIpc) is 2.90. The zero-order valence-electron chi connectivity index (χ0n) is 13.2. The first-order chi connectivity index (χ1) is 11.6. The van der Waals surface area contributed by atoms with Crippen molar-refractivity contribution in [2.45, 2.75) is 18.6 Å². The van der Waals surface area contributed by atoms with E-state index in [2.05, 4.69) is 5.32 Å². The minimum absolute atomic E-state index is 0.123. The van der Waals surface area contributed by atoms with Crippen molar-refractivity contribution in [1.29, 1.82) is 0 Å². The lowest BCUT2D eigenvalue weighted by Gasteiger charge is -2.16. The Labute approximate surface area is 139 Å². The highest BCUT2D eigenvalue weighted by atomic mass is 19.1. The number of rotatable bonds is 4. The zero-order chi connectivity index (χ0) is 17.1. The first-order valence-electron chi connectivity index (χ1n) is 7.66. The molecule has 124 valence electrons. The van der Waals surface area contributed by atoms with Gasteiger partial charge in [0.25, 0.3) is 0 Å². The fourth-order valence-electron chi connectivity index (χ4n) is 2.90. The number of carbonyl (C=O) groups is 1. The summed E-state index contributed by atoms with van der Waals surface area (Å²) in [6, 6.07) is 11.6. The van der Waals surface area contributed by atoms with Crippen LogP contribution in [0.2, 0.25) is 0 Å². The summed E-state index contributed by atoms with van der Waals surface area (Å²) in [5.74, 6) is -0.651. The normalized spacial score (nSPS) is 19.3. The molecule has 0 radical (unpaired) electrons. The number of fused-ring (bicyclic) bond motifs is 1. The molecule has 2 aromatic rings. The molecule has 3 rings (SSSR count). The Morgan fingerprint density at radius 2 is 2.12 bits per heavy atom. The van der Waals surface area contributed by atoms with Crippen LogP contribution in [0.15, 0.2) is 48.5 Å². The van der Waals surface area contributed by atoms with Crippen LogP contribution in [0.5, 0.6) is 5.75 Å². The van der Waals surface area contributed by atoms with Crippen molar-refractivity contribution in [3.8, 4) is 5.75 Å². The molecule has 1 amide bonds. The van der Waals surface area contributed by atoms with Gasteiger partial charge < -0.3 is 15.2 Å². The largest absolute Gasteiger partial charge is 0.494 e. The summed E-state index contributed by atoms with van der Waals surface area (Å²) < 4.78 is 18.3. The summed E-state index contributed by atoms with van der Waals surface area (Å²) in [5, 5.41) is 13.0. The number of hydrogen-bond donors (Lipinski definition) is 2. The van der Waals surface area contributed by atoms with E-state index in [0.717, 1.165) is 11.1 Å². The Morgan fingerprint density at radius 1 is 1.33 bits per heavy atom. The third-order valence-electron chi connectivity index (χ3n) is 4.10. The van der Waals surface area contributed by atoms with Crippen LogP contribution in [0.3, 0.4) is 0 Å². The van der Waals surface area contributed by atoms with E-state index in [1.165, 1.54) is 25.3 Å². The highest BCUT2D eigenvalue weighted by Gasteiger charge is 2.31. The summed E-state index contributed by atoms with van der Waals surface area (Å²) in [7, 11) is 1.39. The fourth-order valence-corrected chi connectivity index (χ4v) is 2.90. The van der Waals surface area contributed by atoms with Gasteiger partial charge in [-0.15, -0.1) is 0 Å². The second-order valence-electron chi connectivity index (χ2n) is 5.68. The first kappa shape index (κ1) is 16.2. The molecule has 1 aliphatic carbocycles. The standard InChI is InChI=1S/C19H18FNO3/c1-24-17-10-12(6-8-15(17)20)7-9-18(23)21-19-14-5-3-2-4-13(14)11-16(19)22/h2-10,16,19,22H,11H2,1H3,(H,21,23). The number of ether oxygens (including phenoxy) is 1. The minimum atomic E-state index is -0.634. The van der Waals surface area contributed by atoms with Crippen molar-refractivity contribution in [2.24, 2.45) is 0 Å². The first-order valence-corrected chi connectivity index (χ1v) is 7.66. The molecule has 0 aromatic heterocycles. The van der Waals surface area contributed by atoms with E-state index in [4.69, 9.17) is 4.74 Å². The van der Waals surface area contributed by atoms with Gasteiger partial charge in [-0.3, -0.25) is 4.79 Å². The van der Waals surface area contributed by atoms with E-state index < -0.39 is 18.0 Å². The third-order valence-corrected chi connectivity index (χ3v) is 4.10. The molecule has 0 saturated heterocycles. The van der Waals surface area contributed by atoms with Crippen LogP contribution in [-0.4, -0.2) is 24.2 Å². The molecule has 0 spiro atoms. The van der Waals surface area contributed by atoms with Gasteiger partial charge in [-0.2, -0.15) is 0 Å². The second-order valence-corrected chi connectivity index (χ2v) is 5.68. The van der Waals surface area contributed by atoms with Crippen LogP contribution in [0.25, 0.3) is 6.08 Å². The second kappa shape index (κ2) is 6.84. The maximum absolute atomic E-state index is 13.4. The molecule has 2 aromatic carbocycles. The van der Waals surface area contributed by atoms with E-state index in [-0.39, 0.29) is 11.7 Å². The van der Waals surface area contributed by atoms with Gasteiger partial charge in [0.05, 0.1) is 19.3 Å². The molecule has 0 aliphatic heterocycles. The number of amides is 1. The SMILES string of the molecule is COc1cc(C=CC(=O)NC2c3ccccc3CC2O)ccc1F. The molecule has 0 saturated carbocycles. The van der Waals surface area contributed by atoms with Crippen LogP contribution < -0.4 is 10.1 Å². The molecular formula is C19H18FNO3. The molecule has 2 unspecified atom stereocenters. The molecule has 0 bridgehead atoms. The Kier molecular flexibility index (Phi) is 4.62. The van der Waals surface area contributed by atoms with Crippen molar-refractivity contribution < 1.29 is 19.0 Å². The maximum Gasteiger partial charge on any atom is 0.244 e. The Balaban J connectivity index is 1.70. The summed E-state index contributed by atoms with van der Waals surface area (Å²) >= 11 is 0. The van der Waals surface area contributed by atoms with Crippen LogP contribution in [-0.2, 0) is 11.2 Å². The quantitative estimate of drug-likeness (QED) is 0.849. The van der Waals surface area contributed by atoms with Crippen molar-refractivity contribution in [3.63, 3.8) is 0 Å². The van der Waals surface area contributed by atoms with Gasteiger partial charge in [-0.25, -0.2) is 4.39 Å². The van der Waals surface area contributed by atoms with E-state index in [1.807, 2.05) is 24.3 Å². The monoisotopic (exact) mass is 327 g/mol. The molecule has 0 fully saturated rings. The Bertz CT molecular complexity index is 788. The molecule has 1 aliphatic rings. The molecule has 2 N–H and O–H groups in total. The van der Waals surface area contributed by atoms with Crippen molar-refractivity contribution in [1.82, 2.24) is 5.32 Å². The summed E-state index contributed by atoms with van der Waals surface area (Å²) in [5.41, 5.74) is 2.63. The smallest absolute Gasteiger partial charge is 0.244 e. The number of nitrogens with one attached hydrogen (secondary N) is 1. The molecule has 0 heterocycles. The molecular weight excluding hydrogens is 309 g/mol. The highest BCUT2D eigenvalue weighted by molar-refractivity contribution is 5.92. The Morgan fingerprint density at radius 3 is 2.92 bits per heavy atom. The summed E-state index contributed by atoms with van der Waals surface area (Å²) in [4.78, 5) is 12.1. The number of carbonyl (C=O) groups excluding carboxylic acids is 1. The minimum Gasteiger partial charge on any atom is -0.494 e. The fraction of sp³-hybridized carbons (Fsp3) is 0.211. The number of halogens is 1. The number of hydrogen-bond acceptors (Lipinski definition) is 3. The van der Waals surface area contributed by atoms with Gasteiger partial charge in [0.1, 0.15) is 0 Å². The van der Waals surface area contributed by atoms with Gasteiger partial charge in [-0.05, 0) is 34.9 Å². The predicted molar refractivity (Wildman–Crippen MR) is 89.0 cm³/mol. The summed E-state index contributed by atoms with van der Waals surface area (Å²) in [6.45, 7) is 0. The summed E-state index contributed by atoms with van der Waals surface area (Å²) in [6.07, 6.45) is 2.83.